The van der Waals surface area contributed by atoms with Gasteiger partial charge in [-0.2, -0.15) is 0 Å². The molecule has 0 spiro atoms. The number of hydrogen-bond acceptors (Lipinski definition) is 6. The Kier molecular flexibility index (Phi) is 9.59. The van der Waals surface area contributed by atoms with Gasteiger partial charge >= 0.3 is 0 Å². The molecule has 0 saturated heterocycles. The van der Waals surface area contributed by atoms with E-state index in [1.54, 1.807) is 56.3 Å². The van der Waals surface area contributed by atoms with Crippen molar-refractivity contribution in [1.82, 2.24) is 10.2 Å². The number of non-ortho nitro benzene ring substituents is 1. The van der Waals surface area contributed by atoms with Gasteiger partial charge in [0, 0.05) is 29.7 Å². The van der Waals surface area contributed by atoms with Gasteiger partial charge in [0.25, 0.3) is 15.7 Å². The van der Waals surface area contributed by atoms with Crippen molar-refractivity contribution < 1.29 is 22.9 Å². The van der Waals surface area contributed by atoms with E-state index in [9.17, 15) is 28.1 Å². The summed E-state index contributed by atoms with van der Waals surface area (Å²) in [5.41, 5.74) is 0.589. The van der Waals surface area contributed by atoms with Crippen molar-refractivity contribution in [3.63, 3.8) is 0 Å². The standard InChI is InChI=1S/C26H27BrN4O6S/c1-3-28-26(33)19(2)29(17-20-9-11-21(27)12-10-20)25(32)18-30(22-13-15-23(16-14-22)31(34)35)38(36,37)24-7-5-4-6-8-24/h4-16,19H,3,17-18H2,1-2H3,(H,28,33). The van der Waals surface area contributed by atoms with E-state index in [4.69, 9.17) is 0 Å². The average molecular weight is 603 g/mol. The van der Waals surface area contributed by atoms with Gasteiger partial charge in [0.15, 0.2) is 0 Å². The second-order valence-electron chi connectivity index (χ2n) is 8.32. The molecule has 200 valence electrons. The molecule has 0 heterocycles. The summed E-state index contributed by atoms with van der Waals surface area (Å²) in [5, 5.41) is 13.8. The van der Waals surface area contributed by atoms with E-state index in [0.29, 0.717) is 6.54 Å². The third-order valence-electron chi connectivity index (χ3n) is 5.74. The summed E-state index contributed by atoms with van der Waals surface area (Å²) in [6.07, 6.45) is 0. The summed E-state index contributed by atoms with van der Waals surface area (Å²) >= 11 is 3.37. The van der Waals surface area contributed by atoms with Crippen molar-refractivity contribution in [2.24, 2.45) is 0 Å². The predicted molar refractivity (Wildman–Crippen MR) is 147 cm³/mol. The van der Waals surface area contributed by atoms with Crippen LogP contribution in [0, 0.1) is 10.1 Å². The molecule has 0 aliphatic heterocycles. The van der Waals surface area contributed by atoms with Crippen LogP contribution in [0.2, 0.25) is 0 Å². The first-order valence-electron chi connectivity index (χ1n) is 11.7. The summed E-state index contributed by atoms with van der Waals surface area (Å²) in [4.78, 5) is 38.2. The maximum absolute atomic E-state index is 13.7. The number of benzene rings is 3. The highest BCUT2D eigenvalue weighted by molar-refractivity contribution is 9.10. The molecule has 10 nitrogen and oxygen atoms in total. The Balaban J connectivity index is 2.03. The number of nitrogens with one attached hydrogen (secondary N) is 1. The monoisotopic (exact) mass is 602 g/mol. The third-order valence-corrected chi connectivity index (χ3v) is 8.06. The molecule has 1 unspecified atom stereocenters. The Bertz CT molecular complexity index is 1380. The molecule has 3 aromatic rings. The van der Waals surface area contributed by atoms with Crippen molar-refractivity contribution >= 4 is 49.1 Å². The molecule has 0 aliphatic carbocycles. The van der Waals surface area contributed by atoms with Crippen LogP contribution in [0.25, 0.3) is 0 Å². The van der Waals surface area contributed by atoms with Gasteiger partial charge in [-0.15, -0.1) is 0 Å². The van der Waals surface area contributed by atoms with Crippen molar-refractivity contribution in [2.45, 2.75) is 31.3 Å². The molecule has 3 aromatic carbocycles. The number of carbonyl (C=O) groups excluding carboxylic acids is 2. The molecule has 0 saturated carbocycles. The number of amides is 2. The molecular weight excluding hydrogens is 576 g/mol. The Hall–Kier alpha value is -3.77. The van der Waals surface area contributed by atoms with Crippen LogP contribution in [-0.2, 0) is 26.2 Å². The molecule has 0 aliphatic rings. The van der Waals surface area contributed by atoms with Crippen LogP contribution in [0.3, 0.4) is 0 Å². The van der Waals surface area contributed by atoms with Crippen molar-refractivity contribution in [3.8, 4) is 0 Å². The predicted octanol–water partition coefficient (Wildman–Crippen LogP) is 4.11. The minimum Gasteiger partial charge on any atom is -0.355 e. The highest BCUT2D eigenvalue weighted by Crippen LogP contribution is 2.26. The number of sulfonamides is 1. The summed E-state index contributed by atoms with van der Waals surface area (Å²) in [6.45, 7) is 3.12. The van der Waals surface area contributed by atoms with Gasteiger partial charge in [-0.05, 0) is 55.8 Å². The smallest absolute Gasteiger partial charge is 0.269 e. The van der Waals surface area contributed by atoms with Gasteiger partial charge in [-0.1, -0.05) is 46.3 Å². The van der Waals surface area contributed by atoms with E-state index < -0.39 is 33.4 Å². The molecule has 0 bridgehead atoms. The number of nitro benzene ring substituents is 1. The molecule has 0 aromatic heterocycles. The average Bonchev–Trinajstić information content (AvgIpc) is 2.91. The second kappa shape index (κ2) is 12.7. The van der Waals surface area contributed by atoms with Gasteiger partial charge in [-0.3, -0.25) is 24.0 Å². The van der Waals surface area contributed by atoms with Crippen LogP contribution in [-0.4, -0.2) is 49.2 Å². The number of hydrogen-bond donors (Lipinski definition) is 1. The lowest BCUT2D eigenvalue weighted by atomic mass is 10.1. The highest BCUT2D eigenvalue weighted by Gasteiger charge is 2.32. The van der Waals surface area contributed by atoms with Crippen LogP contribution >= 0.6 is 15.9 Å². The largest absolute Gasteiger partial charge is 0.355 e. The summed E-state index contributed by atoms with van der Waals surface area (Å²) in [7, 11) is -4.24. The first kappa shape index (κ1) is 28.8. The number of rotatable bonds is 11. The quantitative estimate of drug-likeness (QED) is 0.260. The van der Waals surface area contributed by atoms with Gasteiger partial charge in [0.2, 0.25) is 11.8 Å². The maximum atomic E-state index is 13.7. The number of anilines is 1. The van der Waals surface area contributed by atoms with Crippen LogP contribution in [0.4, 0.5) is 11.4 Å². The Morgan fingerprint density at radius 3 is 2.16 bits per heavy atom. The van der Waals surface area contributed by atoms with Crippen LogP contribution in [0.1, 0.15) is 19.4 Å². The zero-order valence-corrected chi connectivity index (χ0v) is 23.2. The lowest BCUT2D eigenvalue weighted by Gasteiger charge is -2.32. The fourth-order valence-corrected chi connectivity index (χ4v) is 5.38. The molecule has 3 rings (SSSR count). The lowest BCUT2D eigenvalue weighted by Crippen LogP contribution is -2.51. The molecule has 2 amide bonds. The van der Waals surface area contributed by atoms with Crippen molar-refractivity contribution in [2.75, 3.05) is 17.4 Å². The zero-order chi connectivity index (χ0) is 27.9. The second-order valence-corrected chi connectivity index (χ2v) is 11.1. The fraction of sp³-hybridized carbons (Fsp3) is 0.231. The number of likely N-dealkylation sites (N-methyl/N-ethyl adjacent to an activating group) is 1. The highest BCUT2D eigenvalue weighted by atomic mass is 79.9. The topological polar surface area (TPSA) is 130 Å². The number of halogens is 1. The third kappa shape index (κ3) is 6.95. The van der Waals surface area contributed by atoms with Crippen LogP contribution in [0.5, 0.6) is 0 Å². The van der Waals surface area contributed by atoms with Gasteiger partial charge in [-0.25, -0.2) is 8.42 Å². The molecule has 0 radical (unpaired) electrons. The lowest BCUT2D eigenvalue weighted by molar-refractivity contribution is -0.384. The molecule has 1 N–H and O–H groups in total. The molecule has 12 heteroatoms. The molecule has 38 heavy (non-hydrogen) atoms. The normalized spacial score (nSPS) is 11.9. The Morgan fingerprint density at radius 1 is 1.00 bits per heavy atom. The molecule has 1 atom stereocenters. The molecular formula is C26H27BrN4O6S. The number of carbonyl (C=O) groups is 2. The minimum absolute atomic E-state index is 0.0533. The van der Waals surface area contributed by atoms with E-state index in [1.165, 1.54) is 41.3 Å². The minimum atomic E-state index is -4.24. The zero-order valence-electron chi connectivity index (χ0n) is 20.8. The van der Waals surface area contributed by atoms with E-state index >= 15 is 0 Å². The Morgan fingerprint density at radius 2 is 1.61 bits per heavy atom. The van der Waals surface area contributed by atoms with E-state index in [-0.39, 0.29) is 28.7 Å². The first-order chi connectivity index (χ1) is 18.0. The SMILES string of the molecule is CCNC(=O)C(C)N(Cc1ccc(Br)cc1)C(=O)CN(c1ccc([N+](=O)[O-])cc1)S(=O)(=O)c1ccccc1. The van der Waals surface area contributed by atoms with Crippen molar-refractivity contribution in [3.05, 3.63) is 99.0 Å². The van der Waals surface area contributed by atoms with Crippen LogP contribution in [0.15, 0.2) is 88.2 Å². The number of nitrogens with zero attached hydrogens (tertiary/aromatic N) is 3. The summed E-state index contributed by atoms with van der Waals surface area (Å²) < 4.78 is 29.0. The van der Waals surface area contributed by atoms with E-state index in [2.05, 4.69) is 21.2 Å². The van der Waals surface area contributed by atoms with Gasteiger partial charge in [0.05, 0.1) is 15.5 Å². The van der Waals surface area contributed by atoms with Crippen LogP contribution < -0.4 is 9.62 Å². The van der Waals surface area contributed by atoms with E-state index in [0.717, 1.165) is 14.3 Å². The Labute approximate surface area is 229 Å². The summed E-state index contributed by atoms with van der Waals surface area (Å²) in [5.74, 6) is -1.00. The van der Waals surface area contributed by atoms with Crippen molar-refractivity contribution in [1.29, 1.82) is 0 Å². The van der Waals surface area contributed by atoms with Gasteiger partial charge < -0.3 is 10.2 Å². The van der Waals surface area contributed by atoms with Gasteiger partial charge in [0.1, 0.15) is 12.6 Å². The first-order valence-corrected chi connectivity index (χ1v) is 13.9. The maximum Gasteiger partial charge on any atom is 0.269 e. The number of nitro groups is 1. The summed E-state index contributed by atoms with van der Waals surface area (Å²) in [6, 6.07) is 18.8. The van der Waals surface area contributed by atoms with E-state index in [1.807, 2.05) is 0 Å². The fourth-order valence-electron chi connectivity index (χ4n) is 3.68. The molecule has 0 fully saturated rings.